The first kappa shape index (κ1) is 13.6. The maximum atomic E-state index is 5.73. The molecule has 0 fully saturated rings. The molecule has 92 valence electrons. The number of thioether (sulfide) groups is 1. The smallest absolute Gasteiger partial charge is 0.195 e. The van der Waals surface area contributed by atoms with Gasteiger partial charge in [0.25, 0.3) is 0 Å². The SMILES string of the molecule is CC(C)CSCCc1ncc(C(C)(C)C)o1. The highest BCUT2D eigenvalue weighted by atomic mass is 32.2. The Morgan fingerprint density at radius 1 is 1.38 bits per heavy atom. The second-order valence-electron chi connectivity index (χ2n) is 5.59. The standard InChI is InChI=1S/C13H23NOS/c1-10(2)9-16-7-6-12-14-8-11(15-12)13(3,4)5/h8,10H,6-7,9H2,1-5H3. The largest absolute Gasteiger partial charge is 0.445 e. The zero-order valence-electron chi connectivity index (χ0n) is 11.0. The number of nitrogens with zero attached hydrogens (tertiary/aromatic N) is 1. The van der Waals surface area contributed by atoms with E-state index < -0.39 is 0 Å². The first-order valence-electron chi connectivity index (χ1n) is 5.92. The summed E-state index contributed by atoms with van der Waals surface area (Å²) in [5.41, 5.74) is 0.0658. The van der Waals surface area contributed by atoms with Crippen LogP contribution in [0.1, 0.15) is 46.3 Å². The first-order chi connectivity index (χ1) is 7.39. The van der Waals surface area contributed by atoms with Crippen molar-refractivity contribution < 1.29 is 4.42 Å². The van der Waals surface area contributed by atoms with Crippen molar-refractivity contribution in [2.75, 3.05) is 11.5 Å². The third-order valence-corrected chi connectivity index (χ3v) is 3.60. The normalized spacial score (nSPS) is 12.4. The number of hydrogen-bond donors (Lipinski definition) is 0. The molecule has 0 spiro atoms. The molecule has 0 unspecified atom stereocenters. The van der Waals surface area contributed by atoms with Crippen molar-refractivity contribution >= 4 is 11.8 Å². The second kappa shape index (κ2) is 5.76. The van der Waals surface area contributed by atoms with Crippen LogP contribution in [0.2, 0.25) is 0 Å². The van der Waals surface area contributed by atoms with Crippen LogP contribution in [-0.2, 0) is 11.8 Å². The molecular weight excluding hydrogens is 218 g/mol. The molecule has 0 bridgehead atoms. The summed E-state index contributed by atoms with van der Waals surface area (Å²) in [5, 5.41) is 0. The molecule has 0 saturated carbocycles. The van der Waals surface area contributed by atoms with E-state index >= 15 is 0 Å². The lowest BCUT2D eigenvalue weighted by molar-refractivity contribution is 0.385. The maximum absolute atomic E-state index is 5.73. The van der Waals surface area contributed by atoms with Gasteiger partial charge in [0.1, 0.15) is 5.76 Å². The summed E-state index contributed by atoms with van der Waals surface area (Å²) in [6.07, 6.45) is 2.80. The minimum Gasteiger partial charge on any atom is -0.445 e. The molecule has 0 aliphatic rings. The first-order valence-corrected chi connectivity index (χ1v) is 7.08. The van der Waals surface area contributed by atoms with Gasteiger partial charge in [-0.25, -0.2) is 4.98 Å². The average molecular weight is 241 g/mol. The number of rotatable bonds is 5. The highest BCUT2D eigenvalue weighted by Gasteiger charge is 2.18. The fraction of sp³-hybridized carbons (Fsp3) is 0.769. The van der Waals surface area contributed by atoms with E-state index in [1.54, 1.807) is 0 Å². The fourth-order valence-electron chi connectivity index (χ4n) is 1.25. The van der Waals surface area contributed by atoms with Crippen LogP contribution in [0.3, 0.4) is 0 Å². The molecule has 16 heavy (non-hydrogen) atoms. The zero-order valence-corrected chi connectivity index (χ0v) is 11.9. The molecule has 0 saturated heterocycles. The van der Waals surface area contributed by atoms with Crippen molar-refractivity contribution in [2.45, 2.75) is 46.5 Å². The molecule has 0 radical (unpaired) electrons. The molecule has 0 N–H and O–H groups in total. The van der Waals surface area contributed by atoms with Crippen molar-refractivity contribution in [3.8, 4) is 0 Å². The van der Waals surface area contributed by atoms with Crippen LogP contribution >= 0.6 is 11.8 Å². The molecular formula is C13H23NOS. The Balaban J connectivity index is 2.36. The van der Waals surface area contributed by atoms with Gasteiger partial charge < -0.3 is 4.42 Å². The maximum Gasteiger partial charge on any atom is 0.195 e. The van der Waals surface area contributed by atoms with Crippen molar-refractivity contribution in [1.29, 1.82) is 0 Å². The number of hydrogen-bond acceptors (Lipinski definition) is 3. The Morgan fingerprint density at radius 2 is 2.06 bits per heavy atom. The lowest BCUT2D eigenvalue weighted by atomic mass is 9.94. The van der Waals surface area contributed by atoms with Gasteiger partial charge in [0.05, 0.1) is 6.20 Å². The minimum atomic E-state index is 0.0658. The quantitative estimate of drug-likeness (QED) is 0.731. The van der Waals surface area contributed by atoms with Crippen LogP contribution in [0.5, 0.6) is 0 Å². The monoisotopic (exact) mass is 241 g/mol. The van der Waals surface area contributed by atoms with Crippen LogP contribution in [0.15, 0.2) is 10.6 Å². The van der Waals surface area contributed by atoms with E-state index in [1.807, 2.05) is 18.0 Å². The van der Waals surface area contributed by atoms with Crippen molar-refractivity contribution in [1.82, 2.24) is 4.98 Å². The second-order valence-corrected chi connectivity index (χ2v) is 6.74. The topological polar surface area (TPSA) is 26.0 Å². The van der Waals surface area contributed by atoms with Gasteiger partial charge >= 0.3 is 0 Å². The summed E-state index contributed by atoms with van der Waals surface area (Å²) in [5.74, 6) is 4.94. The molecule has 2 nitrogen and oxygen atoms in total. The van der Waals surface area contributed by atoms with E-state index in [0.717, 1.165) is 29.7 Å². The summed E-state index contributed by atoms with van der Waals surface area (Å²) in [6.45, 7) is 10.9. The highest BCUT2D eigenvalue weighted by molar-refractivity contribution is 7.99. The fourth-order valence-corrected chi connectivity index (χ4v) is 2.21. The highest BCUT2D eigenvalue weighted by Crippen LogP contribution is 2.23. The molecule has 0 aromatic carbocycles. The van der Waals surface area contributed by atoms with Gasteiger partial charge in [-0.2, -0.15) is 11.8 Å². The summed E-state index contributed by atoms with van der Waals surface area (Å²) in [4.78, 5) is 4.32. The number of aryl methyl sites for hydroxylation is 1. The van der Waals surface area contributed by atoms with Crippen molar-refractivity contribution in [3.05, 3.63) is 17.8 Å². The lowest BCUT2D eigenvalue weighted by Crippen LogP contribution is -2.09. The van der Waals surface area contributed by atoms with E-state index in [9.17, 15) is 0 Å². The molecule has 1 heterocycles. The summed E-state index contributed by atoms with van der Waals surface area (Å²) in [6, 6.07) is 0. The van der Waals surface area contributed by atoms with Gasteiger partial charge in [-0.15, -0.1) is 0 Å². The van der Waals surface area contributed by atoms with E-state index in [-0.39, 0.29) is 5.41 Å². The summed E-state index contributed by atoms with van der Waals surface area (Å²) in [7, 11) is 0. The molecule has 0 aliphatic carbocycles. The van der Waals surface area contributed by atoms with E-state index in [2.05, 4.69) is 39.6 Å². The molecule has 1 aromatic heterocycles. The van der Waals surface area contributed by atoms with Crippen molar-refractivity contribution in [2.24, 2.45) is 5.92 Å². The molecule has 3 heteroatoms. The Hall–Kier alpha value is -0.440. The van der Waals surface area contributed by atoms with Gasteiger partial charge in [-0.1, -0.05) is 34.6 Å². The molecule has 0 amide bonds. The summed E-state index contributed by atoms with van der Waals surface area (Å²) < 4.78 is 5.73. The average Bonchev–Trinajstić information content (AvgIpc) is 2.59. The number of aromatic nitrogens is 1. The van der Waals surface area contributed by atoms with Crippen LogP contribution < -0.4 is 0 Å². The predicted octanol–water partition coefficient (Wildman–Crippen LogP) is 3.90. The van der Waals surface area contributed by atoms with Crippen LogP contribution in [-0.4, -0.2) is 16.5 Å². The van der Waals surface area contributed by atoms with E-state index in [4.69, 9.17) is 4.42 Å². The van der Waals surface area contributed by atoms with Crippen LogP contribution in [0, 0.1) is 5.92 Å². The van der Waals surface area contributed by atoms with Crippen molar-refractivity contribution in [3.63, 3.8) is 0 Å². The molecule has 0 atom stereocenters. The van der Waals surface area contributed by atoms with E-state index in [1.165, 1.54) is 5.75 Å². The Morgan fingerprint density at radius 3 is 2.56 bits per heavy atom. The van der Waals surface area contributed by atoms with E-state index in [0.29, 0.717) is 0 Å². The van der Waals surface area contributed by atoms with Gasteiger partial charge in [0.15, 0.2) is 5.89 Å². The third kappa shape index (κ3) is 4.60. The summed E-state index contributed by atoms with van der Waals surface area (Å²) >= 11 is 1.97. The van der Waals surface area contributed by atoms with Gasteiger partial charge in [-0.05, 0) is 11.7 Å². The van der Waals surface area contributed by atoms with Gasteiger partial charge in [-0.3, -0.25) is 0 Å². The molecule has 1 rings (SSSR count). The lowest BCUT2D eigenvalue weighted by Gasteiger charge is -2.13. The molecule has 1 aromatic rings. The predicted molar refractivity (Wildman–Crippen MR) is 71.1 cm³/mol. The van der Waals surface area contributed by atoms with Crippen LogP contribution in [0.25, 0.3) is 0 Å². The number of oxazole rings is 1. The van der Waals surface area contributed by atoms with Gasteiger partial charge in [0, 0.05) is 17.6 Å². The minimum absolute atomic E-state index is 0.0658. The Bertz CT molecular complexity index is 312. The Labute approximate surface area is 103 Å². The molecule has 0 aliphatic heterocycles. The Kier molecular flexibility index (Phi) is 4.90. The van der Waals surface area contributed by atoms with Gasteiger partial charge in [0.2, 0.25) is 0 Å². The van der Waals surface area contributed by atoms with Crippen LogP contribution in [0.4, 0.5) is 0 Å². The zero-order chi connectivity index (χ0) is 12.2. The third-order valence-electron chi connectivity index (χ3n) is 2.20.